The lowest BCUT2D eigenvalue weighted by atomic mass is 9.91. The number of carboxylic acids is 1. The van der Waals surface area contributed by atoms with Gasteiger partial charge in [-0.2, -0.15) is 4.39 Å². The summed E-state index contributed by atoms with van der Waals surface area (Å²) in [6.07, 6.45) is 1.01. The standard InChI is InChI=1S/C9H11FN2O2/c1-9(11,5-8(13)14)6-2-3-12-7(10)4-6/h2-4H,5,11H2,1H3,(H,13,14). The highest BCUT2D eigenvalue weighted by atomic mass is 19.1. The van der Waals surface area contributed by atoms with E-state index in [4.69, 9.17) is 10.8 Å². The van der Waals surface area contributed by atoms with Crippen LogP contribution in [0.25, 0.3) is 0 Å². The molecule has 1 aromatic heterocycles. The van der Waals surface area contributed by atoms with Gasteiger partial charge in [0.1, 0.15) is 0 Å². The van der Waals surface area contributed by atoms with E-state index < -0.39 is 17.5 Å². The molecule has 0 amide bonds. The average molecular weight is 198 g/mol. The van der Waals surface area contributed by atoms with Gasteiger partial charge >= 0.3 is 5.97 Å². The Kier molecular flexibility index (Phi) is 2.81. The molecule has 1 rings (SSSR count). The SMILES string of the molecule is CC(N)(CC(=O)O)c1ccnc(F)c1. The molecule has 0 radical (unpaired) electrons. The second kappa shape index (κ2) is 3.71. The van der Waals surface area contributed by atoms with Crippen molar-refractivity contribution in [2.75, 3.05) is 0 Å². The first-order valence-corrected chi connectivity index (χ1v) is 4.04. The van der Waals surface area contributed by atoms with Gasteiger partial charge in [-0.05, 0) is 24.6 Å². The van der Waals surface area contributed by atoms with E-state index in [9.17, 15) is 9.18 Å². The van der Waals surface area contributed by atoms with Gasteiger partial charge in [0.2, 0.25) is 5.95 Å². The van der Waals surface area contributed by atoms with Gasteiger partial charge in [0.25, 0.3) is 0 Å². The van der Waals surface area contributed by atoms with Crippen LogP contribution in [0.4, 0.5) is 4.39 Å². The molecule has 0 spiro atoms. The van der Waals surface area contributed by atoms with Gasteiger partial charge in [-0.25, -0.2) is 4.98 Å². The first-order valence-electron chi connectivity index (χ1n) is 4.04. The Balaban J connectivity index is 2.97. The number of nitrogens with two attached hydrogens (primary N) is 1. The minimum atomic E-state index is -1.07. The zero-order chi connectivity index (χ0) is 10.8. The van der Waals surface area contributed by atoms with Crippen LogP contribution in [0.5, 0.6) is 0 Å². The molecular weight excluding hydrogens is 187 g/mol. The van der Waals surface area contributed by atoms with Crippen molar-refractivity contribution in [2.24, 2.45) is 5.73 Å². The van der Waals surface area contributed by atoms with Gasteiger partial charge < -0.3 is 10.8 Å². The summed E-state index contributed by atoms with van der Waals surface area (Å²) in [5.74, 6) is -1.68. The predicted molar refractivity (Wildman–Crippen MR) is 48.0 cm³/mol. The summed E-state index contributed by atoms with van der Waals surface area (Å²) in [6, 6.07) is 2.65. The molecule has 0 saturated heterocycles. The highest BCUT2D eigenvalue weighted by Gasteiger charge is 2.25. The summed E-state index contributed by atoms with van der Waals surface area (Å²) in [4.78, 5) is 13.8. The lowest BCUT2D eigenvalue weighted by molar-refractivity contribution is -0.138. The molecule has 1 aromatic rings. The number of aliphatic carboxylic acids is 1. The Morgan fingerprint density at radius 2 is 2.43 bits per heavy atom. The van der Waals surface area contributed by atoms with Crippen LogP contribution in [-0.4, -0.2) is 16.1 Å². The Morgan fingerprint density at radius 1 is 1.79 bits per heavy atom. The van der Waals surface area contributed by atoms with Crippen molar-refractivity contribution < 1.29 is 14.3 Å². The van der Waals surface area contributed by atoms with E-state index >= 15 is 0 Å². The maximum absolute atomic E-state index is 12.7. The molecule has 0 aliphatic rings. The molecule has 0 fully saturated rings. The minimum absolute atomic E-state index is 0.254. The number of hydrogen-bond donors (Lipinski definition) is 2. The minimum Gasteiger partial charge on any atom is -0.481 e. The van der Waals surface area contributed by atoms with Crippen LogP contribution in [0.1, 0.15) is 18.9 Å². The average Bonchev–Trinajstić information content (AvgIpc) is 2.01. The molecule has 0 aliphatic carbocycles. The van der Waals surface area contributed by atoms with Crippen molar-refractivity contribution in [3.05, 3.63) is 29.8 Å². The van der Waals surface area contributed by atoms with Crippen LogP contribution < -0.4 is 5.73 Å². The Bertz CT molecular complexity index is 352. The first-order chi connectivity index (χ1) is 6.42. The van der Waals surface area contributed by atoms with E-state index in [1.165, 1.54) is 19.2 Å². The Morgan fingerprint density at radius 3 is 2.93 bits per heavy atom. The van der Waals surface area contributed by atoms with Crippen molar-refractivity contribution in [2.45, 2.75) is 18.9 Å². The molecule has 0 aromatic carbocycles. The normalized spacial score (nSPS) is 14.8. The number of hydrogen-bond acceptors (Lipinski definition) is 3. The maximum Gasteiger partial charge on any atom is 0.305 e. The molecule has 0 bridgehead atoms. The van der Waals surface area contributed by atoms with E-state index in [1.807, 2.05) is 0 Å². The Hall–Kier alpha value is -1.49. The molecule has 1 heterocycles. The fourth-order valence-corrected chi connectivity index (χ4v) is 1.17. The Labute approximate surface area is 80.6 Å². The quantitative estimate of drug-likeness (QED) is 0.706. The van der Waals surface area contributed by atoms with Crippen LogP contribution in [0, 0.1) is 5.95 Å². The van der Waals surface area contributed by atoms with E-state index in [0.717, 1.165) is 6.07 Å². The van der Waals surface area contributed by atoms with E-state index in [2.05, 4.69) is 4.98 Å². The largest absolute Gasteiger partial charge is 0.481 e. The molecule has 0 aliphatic heterocycles. The summed E-state index contributed by atoms with van der Waals surface area (Å²) >= 11 is 0. The molecule has 76 valence electrons. The number of carbonyl (C=O) groups is 1. The zero-order valence-electron chi connectivity index (χ0n) is 7.70. The van der Waals surface area contributed by atoms with E-state index in [1.54, 1.807) is 0 Å². The summed E-state index contributed by atoms with van der Waals surface area (Å²) in [5.41, 5.74) is 5.08. The summed E-state index contributed by atoms with van der Waals surface area (Å²) < 4.78 is 12.7. The third-order valence-corrected chi connectivity index (χ3v) is 1.90. The number of halogens is 1. The smallest absolute Gasteiger partial charge is 0.305 e. The molecule has 14 heavy (non-hydrogen) atoms. The van der Waals surface area contributed by atoms with Crippen LogP contribution in [-0.2, 0) is 10.3 Å². The van der Waals surface area contributed by atoms with Crippen LogP contribution in [0.15, 0.2) is 18.3 Å². The van der Waals surface area contributed by atoms with Crippen LogP contribution in [0.2, 0.25) is 0 Å². The molecular formula is C9H11FN2O2. The van der Waals surface area contributed by atoms with Crippen molar-refractivity contribution in [1.82, 2.24) is 4.98 Å². The lowest BCUT2D eigenvalue weighted by Crippen LogP contribution is -2.35. The van der Waals surface area contributed by atoms with E-state index in [-0.39, 0.29) is 6.42 Å². The zero-order valence-corrected chi connectivity index (χ0v) is 7.70. The number of rotatable bonds is 3. The van der Waals surface area contributed by atoms with Gasteiger partial charge in [0.05, 0.1) is 6.42 Å². The predicted octanol–water partition coefficient (Wildman–Crippen LogP) is 0.869. The van der Waals surface area contributed by atoms with Crippen molar-refractivity contribution >= 4 is 5.97 Å². The third-order valence-electron chi connectivity index (χ3n) is 1.90. The van der Waals surface area contributed by atoms with Gasteiger partial charge in [-0.1, -0.05) is 0 Å². The molecule has 4 nitrogen and oxygen atoms in total. The van der Waals surface area contributed by atoms with Crippen molar-refractivity contribution in [1.29, 1.82) is 0 Å². The molecule has 5 heteroatoms. The number of carboxylic acid groups (broad SMARTS) is 1. The third kappa shape index (κ3) is 2.50. The van der Waals surface area contributed by atoms with Crippen molar-refractivity contribution in [3.63, 3.8) is 0 Å². The number of aromatic nitrogens is 1. The van der Waals surface area contributed by atoms with Crippen LogP contribution in [0.3, 0.4) is 0 Å². The maximum atomic E-state index is 12.7. The second-order valence-electron chi connectivity index (χ2n) is 3.36. The molecule has 3 N–H and O–H groups in total. The van der Waals surface area contributed by atoms with Gasteiger partial charge in [0.15, 0.2) is 0 Å². The summed E-state index contributed by atoms with van der Waals surface area (Å²) in [7, 11) is 0. The monoisotopic (exact) mass is 198 g/mol. The fourth-order valence-electron chi connectivity index (χ4n) is 1.17. The molecule has 1 unspecified atom stereocenters. The van der Waals surface area contributed by atoms with Gasteiger partial charge in [-0.15, -0.1) is 0 Å². The van der Waals surface area contributed by atoms with Crippen molar-refractivity contribution in [3.8, 4) is 0 Å². The van der Waals surface area contributed by atoms with E-state index in [0.29, 0.717) is 5.56 Å². The van der Waals surface area contributed by atoms with Gasteiger partial charge in [-0.3, -0.25) is 4.79 Å². The topological polar surface area (TPSA) is 76.2 Å². The highest BCUT2D eigenvalue weighted by molar-refractivity contribution is 5.68. The fraction of sp³-hybridized carbons (Fsp3) is 0.333. The van der Waals surface area contributed by atoms with Crippen LogP contribution >= 0.6 is 0 Å². The highest BCUT2D eigenvalue weighted by Crippen LogP contribution is 2.21. The number of nitrogens with zero attached hydrogens (tertiary/aromatic N) is 1. The second-order valence-corrected chi connectivity index (χ2v) is 3.36. The summed E-state index contributed by atoms with van der Waals surface area (Å²) in [5, 5.41) is 8.59. The molecule has 1 atom stereocenters. The summed E-state index contributed by atoms with van der Waals surface area (Å²) in [6.45, 7) is 1.54. The lowest BCUT2D eigenvalue weighted by Gasteiger charge is -2.22. The molecule has 0 saturated carbocycles. The first kappa shape index (κ1) is 10.6. The number of pyridine rings is 1. The van der Waals surface area contributed by atoms with Gasteiger partial charge in [0, 0.05) is 11.7 Å².